The molecule has 0 aliphatic rings. The molecule has 4 nitrogen and oxygen atoms in total. The molecule has 0 aliphatic heterocycles. The van der Waals surface area contributed by atoms with Crippen LogP contribution in [0.3, 0.4) is 0 Å². The molecule has 0 spiro atoms. The summed E-state index contributed by atoms with van der Waals surface area (Å²) in [6.07, 6.45) is 0.567. The molecular formula is C12H16N2O2S. The molecule has 0 unspecified atom stereocenters. The maximum Gasteiger partial charge on any atom is 0.253 e. The first-order valence-corrected chi connectivity index (χ1v) is 5.73. The standard InChI is InChI=1S/C12H16N2O2S/c1-14(6-3-7-15)12(16)10-5-2-4-9(8-10)11(13)17/h2,4-5,8,15H,3,6-7H2,1H3,(H2,13,17). The number of hydrogen-bond acceptors (Lipinski definition) is 3. The zero-order valence-corrected chi connectivity index (χ0v) is 10.5. The summed E-state index contributed by atoms with van der Waals surface area (Å²) in [6, 6.07) is 6.92. The van der Waals surface area contributed by atoms with Gasteiger partial charge >= 0.3 is 0 Å². The van der Waals surface area contributed by atoms with Gasteiger partial charge in [-0.15, -0.1) is 0 Å². The van der Waals surface area contributed by atoms with Crippen molar-refractivity contribution < 1.29 is 9.90 Å². The van der Waals surface area contributed by atoms with Crippen molar-refractivity contribution in [2.75, 3.05) is 20.2 Å². The molecule has 1 aromatic carbocycles. The number of rotatable bonds is 5. The van der Waals surface area contributed by atoms with E-state index in [-0.39, 0.29) is 17.5 Å². The normalized spacial score (nSPS) is 10.0. The van der Waals surface area contributed by atoms with Gasteiger partial charge in [0.15, 0.2) is 0 Å². The van der Waals surface area contributed by atoms with Crippen molar-refractivity contribution in [1.29, 1.82) is 0 Å². The number of nitrogens with two attached hydrogens (primary N) is 1. The summed E-state index contributed by atoms with van der Waals surface area (Å²) in [5, 5.41) is 8.71. The molecular weight excluding hydrogens is 236 g/mol. The second kappa shape index (κ2) is 6.32. The molecule has 0 atom stereocenters. The molecule has 1 aromatic rings. The Morgan fingerprint density at radius 1 is 1.47 bits per heavy atom. The lowest BCUT2D eigenvalue weighted by atomic mass is 10.1. The van der Waals surface area contributed by atoms with Crippen molar-refractivity contribution >= 4 is 23.1 Å². The number of carbonyl (C=O) groups is 1. The molecule has 1 amide bonds. The molecule has 92 valence electrons. The lowest BCUT2D eigenvalue weighted by Gasteiger charge is -2.16. The topological polar surface area (TPSA) is 66.6 Å². The monoisotopic (exact) mass is 252 g/mol. The molecule has 0 aromatic heterocycles. The number of benzene rings is 1. The van der Waals surface area contributed by atoms with E-state index >= 15 is 0 Å². The van der Waals surface area contributed by atoms with Crippen molar-refractivity contribution in [3.63, 3.8) is 0 Å². The highest BCUT2D eigenvalue weighted by Crippen LogP contribution is 2.08. The van der Waals surface area contributed by atoms with Crippen molar-refractivity contribution in [3.05, 3.63) is 35.4 Å². The summed E-state index contributed by atoms with van der Waals surface area (Å²) in [5.41, 5.74) is 6.75. The minimum atomic E-state index is -0.100. The lowest BCUT2D eigenvalue weighted by molar-refractivity contribution is 0.0786. The molecule has 5 heteroatoms. The average Bonchev–Trinajstić information content (AvgIpc) is 2.35. The smallest absolute Gasteiger partial charge is 0.253 e. The van der Waals surface area contributed by atoms with E-state index in [2.05, 4.69) is 0 Å². The van der Waals surface area contributed by atoms with Crippen molar-refractivity contribution in [3.8, 4) is 0 Å². The Morgan fingerprint density at radius 2 is 2.12 bits per heavy atom. The number of hydrogen-bond donors (Lipinski definition) is 2. The molecule has 3 N–H and O–H groups in total. The average molecular weight is 252 g/mol. The van der Waals surface area contributed by atoms with E-state index in [1.807, 2.05) is 0 Å². The van der Waals surface area contributed by atoms with Crippen LogP contribution in [0.4, 0.5) is 0 Å². The fraction of sp³-hybridized carbons (Fsp3) is 0.333. The quantitative estimate of drug-likeness (QED) is 0.760. The highest BCUT2D eigenvalue weighted by Gasteiger charge is 2.11. The van der Waals surface area contributed by atoms with Crippen LogP contribution in [0, 0.1) is 0 Å². The first-order chi connectivity index (χ1) is 8.06. The predicted octanol–water partition coefficient (Wildman–Crippen LogP) is 0.775. The number of nitrogens with zero attached hydrogens (tertiary/aromatic N) is 1. The van der Waals surface area contributed by atoms with Crippen LogP contribution >= 0.6 is 12.2 Å². The third-order valence-corrected chi connectivity index (χ3v) is 2.63. The van der Waals surface area contributed by atoms with E-state index in [0.29, 0.717) is 24.1 Å². The predicted molar refractivity (Wildman–Crippen MR) is 71.0 cm³/mol. The van der Waals surface area contributed by atoms with Gasteiger partial charge in [-0.05, 0) is 18.6 Å². The highest BCUT2D eigenvalue weighted by molar-refractivity contribution is 7.80. The Morgan fingerprint density at radius 3 is 2.71 bits per heavy atom. The summed E-state index contributed by atoms with van der Waals surface area (Å²) in [7, 11) is 1.70. The molecule has 0 radical (unpaired) electrons. The van der Waals surface area contributed by atoms with Gasteiger partial charge < -0.3 is 15.7 Å². The van der Waals surface area contributed by atoms with Crippen LogP contribution in [0.1, 0.15) is 22.3 Å². The van der Waals surface area contributed by atoms with Crippen LogP contribution in [-0.4, -0.2) is 41.1 Å². The second-order valence-electron chi connectivity index (χ2n) is 3.75. The first-order valence-electron chi connectivity index (χ1n) is 5.32. The van der Waals surface area contributed by atoms with Gasteiger partial charge in [0.2, 0.25) is 0 Å². The molecule has 0 fully saturated rings. The minimum Gasteiger partial charge on any atom is -0.396 e. The minimum absolute atomic E-state index is 0.0740. The molecule has 17 heavy (non-hydrogen) atoms. The Kier molecular flexibility index (Phi) is 5.06. The van der Waals surface area contributed by atoms with E-state index in [9.17, 15) is 4.79 Å². The Hall–Kier alpha value is -1.46. The number of aliphatic hydroxyl groups excluding tert-OH is 1. The number of aliphatic hydroxyl groups is 1. The maximum absolute atomic E-state index is 12.0. The van der Waals surface area contributed by atoms with Crippen LogP contribution in [0.25, 0.3) is 0 Å². The number of amides is 1. The fourth-order valence-corrected chi connectivity index (χ4v) is 1.56. The summed E-state index contributed by atoms with van der Waals surface area (Å²) in [4.78, 5) is 13.8. The molecule has 0 heterocycles. The van der Waals surface area contributed by atoms with Gasteiger partial charge in [-0.2, -0.15) is 0 Å². The van der Waals surface area contributed by atoms with Gasteiger partial charge in [0.1, 0.15) is 4.99 Å². The third-order valence-electron chi connectivity index (χ3n) is 2.39. The Labute approximate surface area is 106 Å². The van der Waals surface area contributed by atoms with Crippen molar-refractivity contribution in [2.24, 2.45) is 5.73 Å². The van der Waals surface area contributed by atoms with E-state index in [1.165, 1.54) is 0 Å². The van der Waals surface area contributed by atoms with E-state index < -0.39 is 0 Å². The van der Waals surface area contributed by atoms with Gasteiger partial charge in [0.05, 0.1) is 0 Å². The van der Waals surface area contributed by atoms with Gasteiger partial charge in [-0.1, -0.05) is 24.4 Å². The van der Waals surface area contributed by atoms with E-state index in [4.69, 9.17) is 23.1 Å². The zero-order chi connectivity index (χ0) is 12.8. The lowest BCUT2D eigenvalue weighted by Crippen LogP contribution is -2.28. The van der Waals surface area contributed by atoms with Crippen molar-refractivity contribution in [2.45, 2.75) is 6.42 Å². The summed E-state index contributed by atoms with van der Waals surface area (Å²) >= 11 is 4.86. The Balaban J connectivity index is 2.81. The largest absolute Gasteiger partial charge is 0.396 e. The second-order valence-corrected chi connectivity index (χ2v) is 4.19. The number of thiocarbonyl (C=S) groups is 1. The highest BCUT2D eigenvalue weighted by atomic mass is 32.1. The van der Waals surface area contributed by atoms with Gasteiger partial charge in [-0.25, -0.2) is 0 Å². The van der Waals surface area contributed by atoms with E-state index in [1.54, 1.807) is 36.2 Å². The van der Waals surface area contributed by atoms with Crippen LogP contribution < -0.4 is 5.73 Å². The maximum atomic E-state index is 12.0. The molecule has 0 aliphatic carbocycles. The fourth-order valence-electron chi connectivity index (χ4n) is 1.44. The summed E-state index contributed by atoms with van der Waals surface area (Å²) in [6.45, 7) is 0.594. The summed E-state index contributed by atoms with van der Waals surface area (Å²) < 4.78 is 0. The molecule has 1 rings (SSSR count). The van der Waals surface area contributed by atoms with Crippen LogP contribution in [0.2, 0.25) is 0 Å². The first kappa shape index (κ1) is 13.6. The van der Waals surface area contributed by atoms with E-state index in [0.717, 1.165) is 0 Å². The zero-order valence-electron chi connectivity index (χ0n) is 9.72. The van der Waals surface area contributed by atoms with Crippen LogP contribution in [0.15, 0.2) is 24.3 Å². The van der Waals surface area contributed by atoms with Gasteiger partial charge in [0.25, 0.3) is 5.91 Å². The number of carbonyl (C=O) groups excluding carboxylic acids is 1. The van der Waals surface area contributed by atoms with Gasteiger partial charge in [0, 0.05) is 31.3 Å². The summed E-state index contributed by atoms with van der Waals surface area (Å²) in [5.74, 6) is -0.100. The molecule has 0 saturated heterocycles. The molecule has 0 saturated carbocycles. The van der Waals surface area contributed by atoms with Crippen LogP contribution in [-0.2, 0) is 0 Å². The van der Waals surface area contributed by atoms with Crippen LogP contribution in [0.5, 0.6) is 0 Å². The molecule has 0 bridgehead atoms. The van der Waals surface area contributed by atoms with Gasteiger partial charge in [-0.3, -0.25) is 4.79 Å². The van der Waals surface area contributed by atoms with Crippen molar-refractivity contribution in [1.82, 2.24) is 4.90 Å². The SMILES string of the molecule is CN(CCCO)C(=O)c1cccc(C(N)=S)c1. The third kappa shape index (κ3) is 3.80. The Bertz CT molecular complexity index is 421.